The molecule has 0 bridgehead atoms. The van der Waals surface area contributed by atoms with E-state index >= 15 is 0 Å². The van der Waals surface area contributed by atoms with Crippen molar-refractivity contribution in [2.24, 2.45) is 10.9 Å². The molecular weight excluding hydrogens is 474 g/mol. The fourth-order valence-corrected chi connectivity index (χ4v) is 4.16. The number of thiol groups is 1. The van der Waals surface area contributed by atoms with Crippen LogP contribution in [0.2, 0.25) is 0 Å². The summed E-state index contributed by atoms with van der Waals surface area (Å²) in [7, 11) is 0. The third-order valence-electron chi connectivity index (χ3n) is 6.18. The number of alkyl halides is 2. The third-order valence-corrected chi connectivity index (χ3v) is 6.69. The van der Waals surface area contributed by atoms with Gasteiger partial charge in [0.2, 0.25) is 5.89 Å². The minimum atomic E-state index is -2.82. The Labute approximate surface area is 208 Å². The molecule has 4 rings (SSSR count). The van der Waals surface area contributed by atoms with Gasteiger partial charge in [0.25, 0.3) is 12.3 Å². The van der Waals surface area contributed by atoms with Crippen LogP contribution < -0.4 is 10.6 Å². The summed E-state index contributed by atoms with van der Waals surface area (Å²) in [4.78, 5) is 21.1. The van der Waals surface area contributed by atoms with Crippen molar-refractivity contribution < 1.29 is 18.0 Å². The maximum absolute atomic E-state index is 13.6. The van der Waals surface area contributed by atoms with Crippen molar-refractivity contribution in [3.63, 3.8) is 0 Å². The molecule has 2 aliphatic rings. The highest BCUT2D eigenvalue weighted by Crippen LogP contribution is 2.34. The van der Waals surface area contributed by atoms with E-state index in [4.69, 9.17) is 4.42 Å². The van der Waals surface area contributed by atoms with Crippen LogP contribution in [0.15, 0.2) is 40.3 Å². The lowest BCUT2D eigenvalue weighted by Gasteiger charge is -2.25. The Morgan fingerprint density at radius 2 is 2.09 bits per heavy atom. The highest BCUT2D eigenvalue weighted by atomic mass is 32.1. The van der Waals surface area contributed by atoms with Gasteiger partial charge in [0.05, 0.1) is 11.7 Å². The van der Waals surface area contributed by atoms with Gasteiger partial charge in [0.15, 0.2) is 11.4 Å². The number of hydrogen-bond donors (Lipinski definition) is 3. The second kappa shape index (κ2) is 11.2. The van der Waals surface area contributed by atoms with Crippen molar-refractivity contribution in [3.8, 4) is 0 Å². The van der Waals surface area contributed by atoms with Gasteiger partial charge >= 0.3 is 0 Å². The predicted octanol–water partition coefficient (Wildman–Crippen LogP) is 5.42. The maximum Gasteiger partial charge on any atom is 0.284 e. The number of nitrogens with one attached hydrogen (secondary N) is 2. The van der Waals surface area contributed by atoms with Crippen molar-refractivity contribution in [1.82, 2.24) is 20.1 Å². The number of oxazole rings is 1. The van der Waals surface area contributed by atoms with Gasteiger partial charge in [-0.05, 0) is 57.4 Å². The minimum absolute atomic E-state index is 0.00893. The predicted molar refractivity (Wildman–Crippen MR) is 134 cm³/mol. The number of halogens is 2. The first-order chi connectivity index (χ1) is 16.8. The van der Waals surface area contributed by atoms with Crippen LogP contribution >= 0.6 is 12.6 Å². The number of aliphatic imine (C=N–C) groups is 1. The van der Waals surface area contributed by atoms with E-state index in [-0.39, 0.29) is 23.3 Å². The second-order valence-corrected chi connectivity index (χ2v) is 9.79. The molecule has 0 atom stereocenters. The highest BCUT2D eigenvalue weighted by molar-refractivity contribution is 7.80. The molecule has 2 saturated carbocycles. The third kappa shape index (κ3) is 6.81. The molecule has 35 heavy (non-hydrogen) atoms. The average Bonchev–Trinajstić information content (AvgIpc) is 3.35. The summed E-state index contributed by atoms with van der Waals surface area (Å²) in [5, 5.41) is 10.1. The number of carbonyl (C=O) groups excluding carboxylic acids is 1. The lowest BCUT2D eigenvalue weighted by atomic mass is 9.95. The molecule has 2 fully saturated rings. The zero-order valence-corrected chi connectivity index (χ0v) is 20.5. The van der Waals surface area contributed by atoms with E-state index in [0.29, 0.717) is 16.6 Å². The quantitative estimate of drug-likeness (QED) is 0.297. The monoisotopic (exact) mass is 504 g/mol. The first-order valence-electron chi connectivity index (χ1n) is 11.8. The molecule has 0 spiro atoms. The number of allylic oxidation sites excluding steroid dienone is 2. The van der Waals surface area contributed by atoms with Gasteiger partial charge in [-0.15, -0.1) is 0 Å². The highest BCUT2D eigenvalue weighted by Gasteiger charge is 2.26. The Morgan fingerprint density at radius 3 is 2.77 bits per heavy atom. The molecular formula is C24H30F2N6O2S. The van der Waals surface area contributed by atoms with Gasteiger partial charge in [-0.3, -0.25) is 9.48 Å². The van der Waals surface area contributed by atoms with Gasteiger partial charge in [0, 0.05) is 29.8 Å². The first kappa shape index (κ1) is 25.2. The van der Waals surface area contributed by atoms with Crippen molar-refractivity contribution in [2.75, 3.05) is 11.9 Å². The maximum atomic E-state index is 13.6. The SMILES string of the molecule is C=C(/N=C\C=C(/C)c1nc(C(=O)Nc2cn([C@H]3CC[C@H](S)CC3)nc2C(F)F)co1)NCC1CC1. The van der Waals surface area contributed by atoms with Crippen LogP contribution in [0.3, 0.4) is 0 Å². The lowest BCUT2D eigenvalue weighted by molar-refractivity contribution is 0.102. The summed E-state index contributed by atoms with van der Waals surface area (Å²) in [6, 6.07) is 0.00893. The van der Waals surface area contributed by atoms with Crippen LogP contribution in [0.4, 0.5) is 14.5 Å². The molecule has 0 unspecified atom stereocenters. The van der Waals surface area contributed by atoms with Crippen LogP contribution in [-0.4, -0.2) is 38.7 Å². The average molecular weight is 505 g/mol. The van der Waals surface area contributed by atoms with Crippen LogP contribution in [-0.2, 0) is 0 Å². The molecule has 0 saturated heterocycles. The fraction of sp³-hybridized carbons (Fsp3) is 0.500. The van der Waals surface area contributed by atoms with Crippen LogP contribution in [0.5, 0.6) is 0 Å². The summed E-state index contributed by atoms with van der Waals surface area (Å²) in [5.41, 5.74) is 0.129. The smallest absolute Gasteiger partial charge is 0.284 e. The van der Waals surface area contributed by atoms with Gasteiger partial charge in [0.1, 0.15) is 12.1 Å². The first-order valence-corrected chi connectivity index (χ1v) is 12.3. The number of amides is 1. The molecule has 2 heterocycles. The topological polar surface area (TPSA) is 97.3 Å². The van der Waals surface area contributed by atoms with Gasteiger partial charge < -0.3 is 15.1 Å². The Bertz CT molecular complexity index is 1110. The molecule has 2 aromatic rings. The normalized spacial score (nSPS) is 21.0. The summed E-state index contributed by atoms with van der Waals surface area (Å²) in [6.07, 6.45) is 8.98. The van der Waals surface area contributed by atoms with Crippen LogP contribution in [0.1, 0.15) is 80.0 Å². The number of anilines is 1. The summed E-state index contributed by atoms with van der Waals surface area (Å²) < 4.78 is 34.1. The van der Waals surface area contributed by atoms with Gasteiger partial charge in [-0.2, -0.15) is 17.7 Å². The number of hydrogen-bond acceptors (Lipinski definition) is 7. The van der Waals surface area contributed by atoms with Gasteiger partial charge in [-0.1, -0.05) is 6.58 Å². The minimum Gasteiger partial charge on any atom is -0.444 e. The number of nitrogens with zero attached hydrogens (tertiary/aromatic N) is 4. The molecule has 1 amide bonds. The standard InChI is InChI=1S/C24H30F2N6O2S/c1-14(9-10-27-15(2)28-11-16-3-4-16)24-30-20(13-34-24)23(33)29-19-12-32(31-21(19)22(25)26)17-5-7-18(35)8-6-17/h9-10,12-13,16-18,22,28,35H,2-8,11H2,1H3,(H,29,33)/b14-9+,27-10-/t17-,18-. The van der Waals surface area contributed by atoms with Crippen molar-refractivity contribution in [1.29, 1.82) is 0 Å². The molecule has 0 radical (unpaired) electrons. The second-order valence-electron chi connectivity index (χ2n) is 9.06. The Balaban J connectivity index is 1.38. The van der Waals surface area contributed by atoms with Crippen molar-refractivity contribution in [3.05, 3.63) is 48.2 Å². The Hall–Kier alpha value is -2.95. The zero-order valence-electron chi connectivity index (χ0n) is 19.6. The van der Waals surface area contributed by atoms with E-state index in [1.807, 2.05) is 0 Å². The summed E-state index contributed by atoms with van der Waals surface area (Å²) in [5.74, 6) is 0.865. The van der Waals surface area contributed by atoms with Crippen LogP contribution in [0.25, 0.3) is 5.57 Å². The zero-order chi connectivity index (χ0) is 24.9. The molecule has 2 aliphatic carbocycles. The van der Waals surface area contributed by atoms with E-state index in [1.165, 1.54) is 30.0 Å². The number of rotatable bonds is 10. The summed E-state index contributed by atoms with van der Waals surface area (Å²) >= 11 is 4.48. The van der Waals surface area contributed by atoms with Gasteiger partial charge in [-0.25, -0.2) is 18.8 Å². The van der Waals surface area contributed by atoms with E-state index in [9.17, 15) is 13.6 Å². The van der Waals surface area contributed by atoms with Crippen molar-refractivity contribution >= 4 is 36.0 Å². The largest absolute Gasteiger partial charge is 0.444 e. The van der Waals surface area contributed by atoms with E-state index < -0.39 is 18.0 Å². The molecule has 0 aromatic carbocycles. The molecule has 2 N–H and O–H groups in total. The Morgan fingerprint density at radius 1 is 1.34 bits per heavy atom. The Kier molecular flexibility index (Phi) is 8.04. The van der Waals surface area contributed by atoms with E-state index in [0.717, 1.165) is 38.1 Å². The molecule has 8 nitrogen and oxygen atoms in total. The molecule has 11 heteroatoms. The van der Waals surface area contributed by atoms with Crippen LogP contribution in [0, 0.1) is 5.92 Å². The summed E-state index contributed by atoms with van der Waals surface area (Å²) in [6.45, 7) is 6.49. The lowest BCUT2D eigenvalue weighted by Crippen LogP contribution is -2.18. The molecule has 0 aliphatic heterocycles. The number of aromatic nitrogens is 3. The number of carbonyl (C=O) groups is 1. The van der Waals surface area contributed by atoms with E-state index in [1.54, 1.807) is 19.2 Å². The van der Waals surface area contributed by atoms with Crippen molar-refractivity contribution in [2.45, 2.75) is 63.2 Å². The fourth-order valence-electron chi connectivity index (χ4n) is 3.86. The molecule has 2 aromatic heterocycles. The molecule has 188 valence electrons. The van der Waals surface area contributed by atoms with E-state index in [2.05, 4.69) is 44.9 Å².